The number of ether oxygens (including phenoxy) is 3. The molecule has 1 aromatic rings. The Bertz CT molecular complexity index is 625. The van der Waals surface area contributed by atoms with E-state index in [9.17, 15) is 8.42 Å². The third-order valence-corrected chi connectivity index (χ3v) is 5.13. The number of hydrogen-bond acceptors (Lipinski definition) is 6. The maximum absolute atomic E-state index is 12.3. The molecular formula is C13H14O6S. The van der Waals surface area contributed by atoms with Gasteiger partial charge in [0.15, 0.2) is 6.29 Å². The molecule has 3 aliphatic heterocycles. The molecule has 0 radical (unpaired) electrons. The Morgan fingerprint density at radius 1 is 1.15 bits per heavy atom. The predicted molar refractivity (Wildman–Crippen MR) is 66.5 cm³/mol. The monoisotopic (exact) mass is 298 g/mol. The van der Waals surface area contributed by atoms with Gasteiger partial charge in [0.25, 0.3) is 10.1 Å². The summed E-state index contributed by atoms with van der Waals surface area (Å²) < 4.78 is 46.2. The number of fused-ring (bicyclic) bond motifs is 4. The highest BCUT2D eigenvalue weighted by molar-refractivity contribution is 7.86. The normalized spacial score (nSPS) is 38.5. The Morgan fingerprint density at radius 3 is 2.65 bits per heavy atom. The zero-order valence-corrected chi connectivity index (χ0v) is 11.6. The summed E-state index contributed by atoms with van der Waals surface area (Å²) >= 11 is 0. The number of epoxide rings is 1. The molecule has 3 aliphatic rings. The number of hydrogen-bond donors (Lipinski definition) is 0. The molecule has 20 heavy (non-hydrogen) atoms. The van der Waals surface area contributed by atoms with Crippen LogP contribution in [-0.2, 0) is 28.5 Å². The van der Waals surface area contributed by atoms with E-state index in [2.05, 4.69) is 0 Å². The molecule has 7 heteroatoms. The van der Waals surface area contributed by atoms with E-state index in [1.807, 2.05) is 6.92 Å². The molecule has 0 spiro atoms. The maximum atomic E-state index is 12.3. The van der Waals surface area contributed by atoms with Gasteiger partial charge in [-0.25, -0.2) is 0 Å². The van der Waals surface area contributed by atoms with Crippen LogP contribution in [-0.4, -0.2) is 45.7 Å². The molecule has 108 valence electrons. The average molecular weight is 298 g/mol. The fourth-order valence-corrected chi connectivity index (χ4v) is 3.75. The van der Waals surface area contributed by atoms with Crippen LogP contribution >= 0.6 is 0 Å². The minimum absolute atomic E-state index is 0.140. The van der Waals surface area contributed by atoms with Crippen molar-refractivity contribution < 1.29 is 26.8 Å². The number of aryl methyl sites for hydroxylation is 1. The standard InChI is InChI=1S/C13H14O6S/c1-7-2-4-8(5-3-7)20(14,15)19-10-9-6-16-13(17-9)12-11(10)18-12/h2-5,9-13H,6H2,1H3/t9-,10-,11+,12+,13-/m1/s1. The molecule has 0 amide bonds. The topological polar surface area (TPSA) is 74.4 Å². The Labute approximate surface area is 116 Å². The summed E-state index contributed by atoms with van der Waals surface area (Å²) in [6.07, 6.45) is -1.84. The molecule has 0 aliphatic carbocycles. The lowest BCUT2D eigenvalue weighted by Gasteiger charge is -2.23. The molecule has 0 N–H and O–H groups in total. The van der Waals surface area contributed by atoms with Crippen LogP contribution in [0.2, 0.25) is 0 Å². The van der Waals surface area contributed by atoms with Crippen LogP contribution < -0.4 is 0 Å². The zero-order chi connectivity index (χ0) is 13.9. The van der Waals surface area contributed by atoms with Crippen LogP contribution in [0.15, 0.2) is 29.2 Å². The van der Waals surface area contributed by atoms with Crippen molar-refractivity contribution in [3.63, 3.8) is 0 Å². The highest BCUT2D eigenvalue weighted by Gasteiger charge is 2.63. The lowest BCUT2D eigenvalue weighted by Crippen LogP contribution is -2.43. The second-order valence-electron chi connectivity index (χ2n) is 5.27. The van der Waals surface area contributed by atoms with Crippen molar-refractivity contribution >= 4 is 10.1 Å². The second kappa shape index (κ2) is 4.25. The Kier molecular flexibility index (Phi) is 2.71. The lowest BCUT2D eigenvalue weighted by atomic mass is 10.1. The summed E-state index contributed by atoms with van der Waals surface area (Å²) in [5, 5.41) is 0. The molecule has 1 aromatic carbocycles. The first-order valence-corrected chi connectivity index (χ1v) is 7.88. The molecule has 3 heterocycles. The Balaban J connectivity index is 1.57. The van der Waals surface area contributed by atoms with E-state index in [1.54, 1.807) is 12.1 Å². The van der Waals surface area contributed by atoms with Gasteiger partial charge in [0, 0.05) is 0 Å². The van der Waals surface area contributed by atoms with E-state index in [0.717, 1.165) is 5.56 Å². The van der Waals surface area contributed by atoms with Crippen molar-refractivity contribution in [3.8, 4) is 0 Å². The van der Waals surface area contributed by atoms with Gasteiger partial charge in [0.1, 0.15) is 24.4 Å². The minimum atomic E-state index is -3.82. The minimum Gasteiger partial charge on any atom is -0.361 e. The fourth-order valence-electron chi connectivity index (χ4n) is 2.64. The fraction of sp³-hybridized carbons (Fsp3) is 0.538. The van der Waals surface area contributed by atoms with Gasteiger partial charge in [-0.1, -0.05) is 17.7 Å². The van der Waals surface area contributed by atoms with Crippen LogP contribution in [0, 0.1) is 6.92 Å². The van der Waals surface area contributed by atoms with Crippen molar-refractivity contribution in [3.05, 3.63) is 29.8 Å². The summed E-state index contributed by atoms with van der Waals surface area (Å²) in [5.41, 5.74) is 0.988. The van der Waals surface area contributed by atoms with E-state index in [0.29, 0.717) is 6.61 Å². The highest BCUT2D eigenvalue weighted by Crippen LogP contribution is 2.43. The number of benzene rings is 1. The van der Waals surface area contributed by atoms with Crippen LogP contribution in [0.1, 0.15) is 5.56 Å². The van der Waals surface area contributed by atoms with Gasteiger partial charge in [0.2, 0.25) is 0 Å². The van der Waals surface area contributed by atoms with Crippen LogP contribution in [0.4, 0.5) is 0 Å². The largest absolute Gasteiger partial charge is 0.361 e. The summed E-state index contributed by atoms with van der Waals surface area (Å²) in [6.45, 7) is 2.24. The molecular weight excluding hydrogens is 284 g/mol. The SMILES string of the molecule is Cc1ccc(S(=O)(=O)O[C@H]2[C@@H]3O[C@@H]3[C@@H]3OC[C@H]2O3)cc1. The van der Waals surface area contributed by atoms with Crippen molar-refractivity contribution in [1.82, 2.24) is 0 Å². The summed E-state index contributed by atoms with van der Waals surface area (Å²) in [6, 6.07) is 6.54. The van der Waals surface area contributed by atoms with Gasteiger partial charge in [-0.05, 0) is 19.1 Å². The lowest BCUT2D eigenvalue weighted by molar-refractivity contribution is -0.0982. The van der Waals surface area contributed by atoms with E-state index < -0.39 is 16.2 Å². The molecule has 0 unspecified atom stereocenters. The van der Waals surface area contributed by atoms with Gasteiger partial charge in [-0.3, -0.25) is 4.18 Å². The summed E-state index contributed by atoms with van der Waals surface area (Å²) in [7, 11) is -3.82. The third kappa shape index (κ3) is 1.97. The first kappa shape index (κ1) is 12.7. The molecule has 3 saturated heterocycles. The molecule has 6 nitrogen and oxygen atoms in total. The molecule has 2 bridgehead atoms. The van der Waals surface area contributed by atoms with Gasteiger partial charge < -0.3 is 14.2 Å². The van der Waals surface area contributed by atoms with Gasteiger partial charge >= 0.3 is 0 Å². The highest BCUT2D eigenvalue weighted by atomic mass is 32.2. The molecule has 3 fully saturated rings. The van der Waals surface area contributed by atoms with Gasteiger partial charge in [0.05, 0.1) is 11.5 Å². The maximum Gasteiger partial charge on any atom is 0.297 e. The van der Waals surface area contributed by atoms with Crippen LogP contribution in [0.25, 0.3) is 0 Å². The first-order chi connectivity index (χ1) is 9.54. The smallest absolute Gasteiger partial charge is 0.297 e. The second-order valence-corrected chi connectivity index (χ2v) is 6.84. The first-order valence-electron chi connectivity index (χ1n) is 6.47. The van der Waals surface area contributed by atoms with Crippen LogP contribution in [0.3, 0.4) is 0 Å². The number of rotatable bonds is 3. The van der Waals surface area contributed by atoms with Gasteiger partial charge in [-0.2, -0.15) is 8.42 Å². The van der Waals surface area contributed by atoms with Crippen molar-refractivity contribution in [2.75, 3.05) is 6.61 Å². The summed E-state index contributed by atoms with van der Waals surface area (Å²) in [5.74, 6) is 0. The Morgan fingerprint density at radius 2 is 1.90 bits per heavy atom. The Hall–Kier alpha value is -0.990. The summed E-state index contributed by atoms with van der Waals surface area (Å²) in [4.78, 5) is 0.140. The van der Waals surface area contributed by atoms with E-state index in [4.69, 9.17) is 18.4 Å². The van der Waals surface area contributed by atoms with E-state index >= 15 is 0 Å². The molecule has 5 atom stereocenters. The quantitative estimate of drug-likeness (QED) is 0.600. The van der Waals surface area contributed by atoms with E-state index in [-0.39, 0.29) is 29.5 Å². The van der Waals surface area contributed by atoms with Gasteiger partial charge in [-0.15, -0.1) is 0 Å². The van der Waals surface area contributed by atoms with Crippen LogP contribution in [0.5, 0.6) is 0 Å². The molecule has 0 saturated carbocycles. The van der Waals surface area contributed by atoms with E-state index in [1.165, 1.54) is 12.1 Å². The third-order valence-electron chi connectivity index (χ3n) is 3.80. The van der Waals surface area contributed by atoms with Crippen molar-refractivity contribution in [2.24, 2.45) is 0 Å². The van der Waals surface area contributed by atoms with Crippen molar-refractivity contribution in [2.45, 2.75) is 42.5 Å². The molecule has 4 rings (SSSR count). The van der Waals surface area contributed by atoms with Crippen molar-refractivity contribution in [1.29, 1.82) is 0 Å². The predicted octanol–water partition coefficient (Wildman–Crippen LogP) is 0.591. The average Bonchev–Trinajstić information content (AvgIpc) is 3.09. The zero-order valence-electron chi connectivity index (χ0n) is 10.8. The molecule has 0 aromatic heterocycles.